The van der Waals surface area contributed by atoms with E-state index in [-0.39, 0.29) is 11.7 Å². The second kappa shape index (κ2) is 8.69. The lowest BCUT2D eigenvalue weighted by Gasteiger charge is -2.11. The average molecular weight is 310 g/mol. The molecule has 6 heteroatoms. The summed E-state index contributed by atoms with van der Waals surface area (Å²) in [6.07, 6.45) is 0. The van der Waals surface area contributed by atoms with E-state index >= 15 is 0 Å². The van der Waals surface area contributed by atoms with Crippen molar-refractivity contribution in [1.29, 1.82) is 0 Å². The van der Waals surface area contributed by atoms with Crippen LogP contribution >= 0.6 is 11.8 Å². The molecule has 1 aromatic rings. The van der Waals surface area contributed by atoms with Crippen LogP contribution in [0.3, 0.4) is 0 Å². The fourth-order valence-corrected chi connectivity index (χ4v) is 2.50. The molecular formula is C15H22N2O3S. The molecule has 1 rings (SSSR count). The third kappa shape index (κ3) is 6.18. The molecule has 116 valence electrons. The minimum absolute atomic E-state index is 0.108. The van der Waals surface area contributed by atoms with Gasteiger partial charge in [0.15, 0.2) is 0 Å². The number of hydrogen-bond acceptors (Lipinski definition) is 5. The van der Waals surface area contributed by atoms with E-state index in [0.29, 0.717) is 12.4 Å². The summed E-state index contributed by atoms with van der Waals surface area (Å²) in [7, 11) is 0. The molecule has 0 unspecified atom stereocenters. The van der Waals surface area contributed by atoms with Gasteiger partial charge >= 0.3 is 5.97 Å². The summed E-state index contributed by atoms with van der Waals surface area (Å²) in [4.78, 5) is 23.2. The van der Waals surface area contributed by atoms with E-state index in [0.717, 1.165) is 16.8 Å². The molecule has 1 amide bonds. The van der Waals surface area contributed by atoms with E-state index < -0.39 is 12.0 Å². The number of rotatable bonds is 7. The molecule has 0 aliphatic carbocycles. The Hall–Kier alpha value is -1.53. The molecule has 0 spiro atoms. The van der Waals surface area contributed by atoms with Gasteiger partial charge in [-0.15, -0.1) is 11.8 Å². The Morgan fingerprint density at radius 3 is 2.71 bits per heavy atom. The Bertz CT molecular complexity index is 506. The van der Waals surface area contributed by atoms with E-state index in [1.807, 2.05) is 32.0 Å². The summed E-state index contributed by atoms with van der Waals surface area (Å²) in [6.45, 7) is 6.00. The number of hydrogen-bond donors (Lipinski definition) is 2. The molecule has 1 aromatic carbocycles. The molecule has 0 heterocycles. The normalized spacial score (nSPS) is 11.8. The number of esters is 1. The van der Waals surface area contributed by atoms with Crippen LogP contribution in [0.25, 0.3) is 0 Å². The maximum Gasteiger partial charge on any atom is 0.323 e. The number of ether oxygens (including phenoxy) is 1. The van der Waals surface area contributed by atoms with Gasteiger partial charge in [-0.1, -0.05) is 17.7 Å². The Balaban J connectivity index is 2.36. The number of thioether (sulfide) groups is 1. The number of amides is 1. The number of aryl methyl sites for hydroxylation is 2. The van der Waals surface area contributed by atoms with Crippen molar-refractivity contribution >= 4 is 29.3 Å². The summed E-state index contributed by atoms with van der Waals surface area (Å²) < 4.78 is 4.81. The lowest BCUT2D eigenvalue weighted by molar-refractivity contribution is -0.144. The number of carbonyl (C=O) groups excluding carboxylic acids is 2. The molecule has 0 saturated heterocycles. The van der Waals surface area contributed by atoms with Crippen LogP contribution in [0.4, 0.5) is 5.69 Å². The number of carbonyl (C=O) groups is 2. The smallest absolute Gasteiger partial charge is 0.323 e. The summed E-state index contributed by atoms with van der Waals surface area (Å²) >= 11 is 1.31. The van der Waals surface area contributed by atoms with Crippen molar-refractivity contribution < 1.29 is 14.3 Å². The van der Waals surface area contributed by atoms with E-state index in [1.54, 1.807) is 6.92 Å². The van der Waals surface area contributed by atoms with Crippen molar-refractivity contribution in [3.63, 3.8) is 0 Å². The number of benzene rings is 1. The van der Waals surface area contributed by atoms with E-state index in [9.17, 15) is 9.59 Å². The lowest BCUT2D eigenvalue weighted by Crippen LogP contribution is -2.35. The molecule has 0 saturated carbocycles. The van der Waals surface area contributed by atoms with Gasteiger partial charge in [-0.25, -0.2) is 0 Å². The van der Waals surface area contributed by atoms with Crippen molar-refractivity contribution in [2.24, 2.45) is 5.73 Å². The molecular weight excluding hydrogens is 288 g/mol. The maximum atomic E-state index is 11.8. The van der Waals surface area contributed by atoms with E-state index in [4.69, 9.17) is 10.5 Å². The van der Waals surface area contributed by atoms with Crippen molar-refractivity contribution in [2.75, 3.05) is 23.4 Å². The first-order valence-corrected chi connectivity index (χ1v) is 7.96. The summed E-state index contributed by atoms with van der Waals surface area (Å²) in [5.41, 5.74) is 8.64. The highest BCUT2D eigenvalue weighted by atomic mass is 32.2. The molecule has 0 fully saturated rings. The van der Waals surface area contributed by atoms with Crippen molar-refractivity contribution in [1.82, 2.24) is 0 Å². The first kappa shape index (κ1) is 17.5. The molecule has 21 heavy (non-hydrogen) atoms. The zero-order valence-electron chi connectivity index (χ0n) is 12.6. The minimum atomic E-state index is -0.691. The van der Waals surface area contributed by atoms with Crippen LogP contribution in [0.5, 0.6) is 0 Å². The first-order valence-electron chi connectivity index (χ1n) is 6.81. The van der Waals surface area contributed by atoms with Gasteiger partial charge in [0, 0.05) is 11.4 Å². The second-order valence-corrected chi connectivity index (χ2v) is 5.77. The van der Waals surface area contributed by atoms with Gasteiger partial charge in [0.1, 0.15) is 6.04 Å². The third-order valence-electron chi connectivity index (χ3n) is 2.78. The van der Waals surface area contributed by atoms with Crippen molar-refractivity contribution in [2.45, 2.75) is 26.8 Å². The van der Waals surface area contributed by atoms with Gasteiger partial charge in [0.05, 0.1) is 12.4 Å². The SMILES string of the molecule is CCOC(=O)[C@@H](N)CSCC(=O)Nc1ccc(C)cc1C. The quantitative estimate of drug-likeness (QED) is 0.751. The first-order chi connectivity index (χ1) is 9.93. The van der Waals surface area contributed by atoms with Crippen LogP contribution in [0.2, 0.25) is 0 Å². The van der Waals surface area contributed by atoms with Crippen molar-refractivity contribution in [3.05, 3.63) is 29.3 Å². The van der Waals surface area contributed by atoms with E-state index in [1.165, 1.54) is 11.8 Å². The van der Waals surface area contributed by atoms with Gasteiger partial charge in [0.25, 0.3) is 0 Å². The second-order valence-electron chi connectivity index (χ2n) is 4.74. The topological polar surface area (TPSA) is 81.4 Å². The van der Waals surface area contributed by atoms with Crippen LogP contribution in [-0.2, 0) is 14.3 Å². The maximum absolute atomic E-state index is 11.8. The molecule has 0 radical (unpaired) electrons. The molecule has 5 nitrogen and oxygen atoms in total. The van der Waals surface area contributed by atoms with Crippen LogP contribution in [0, 0.1) is 13.8 Å². The molecule has 1 atom stereocenters. The highest BCUT2D eigenvalue weighted by Crippen LogP contribution is 2.16. The standard InChI is InChI=1S/C15H22N2O3S/c1-4-20-15(19)12(16)8-21-9-14(18)17-13-6-5-10(2)7-11(13)3/h5-7,12H,4,8-9,16H2,1-3H3,(H,17,18)/t12-/m0/s1. The van der Waals surface area contributed by atoms with Gasteiger partial charge in [-0.2, -0.15) is 0 Å². The predicted octanol–water partition coefficient (Wildman–Crippen LogP) is 1.87. The highest BCUT2D eigenvalue weighted by molar-refractivity contribution is 8.00. The number of nitrogens with two attached hydrogens (primary N) is 1. The van der Waals surface area contributed by atoms with Crippen LogP contribution in [0.15, 0.2) is 18.2 Å². The molecule has 0 aliphatic heterocycles. The lowest BCUT2D eigenvalue weighted by atomic mass is 10.1. The molecule has 0 aromatic heterocycles. The largest absolute Gasteiger partial charge is 0.465 e. The molecule has 3 N–H and O–H groups in total. The van der Waals surface area contributed by atoms with Gasteiger partial charge in [-0.3, -0.25) is 9.59 Å². The van der Waals surface area contributed by atoms with E-state index in [2.05, 4.69) is 5.32 Å². The van der Waals surface area contributed by atoms with Crippen molar-refractivity contribution in [3.8, 4) is 0 Å². The van der Waals surface area contributed by atoms with Gasteiger partial charge in [-0.05, 0) is 32.4 Å². The zero-order valence-corrected chi connectivity index (χ0v) is 13.5. The summed E-state index contributed by atoms with van der Waals surface area (Å²) in [5, 5.41) is 2.85. The molecule has 0 bridgehead atoms. The minimum Gasteiger partial charge on any atom is -0.465 e. The van der Waals surface area contributed by atoms with Crippen LogP contribution in [0.1, 0.15) is 18.1 Å². The Morgan fingerprint density at radius 1 is 1.38 bits per heavy atom. The zero-order chi connectivity index (χ0) is 15.8. The Morgan fingerprint density at radius 2 is 2.10 bits per heavy atom. The predicted molar refractivity (Wildman–Crippen MR) is 86.5 cm³/mol. The van der Waals surface area contributed by atoms with Gasteiger partial charge in [0.2, 0.25) is 5.91 Å². The third-order valence-corrected chi connectivity index (χ3v) is 3.84. The van der Waals surface area contributed by atoms with Crippen LogP contribution < -0.4 is 11.1 Å². The average Bonchev–Trinajstić information content (AvgIpc) is 2.42. The van der Waals surface area contributed by atoms with Crippen LogP contribution in [-0.4, -0.2) is 36.0 Å². The molecule has 0 aliphatic rings. The number of anilines is 1. The van der Waals surface area contributed by atoms with Gasteiger partial charge < -0.3 is 15.8 Å². The monoisotopic (exact) mass is 310 g/mol. The fourth-order valence-electron chi connectivity index (χ4n) is 1.74. The Labute approximate surface area is 129 Å². The Kier molecular flexibility index (Phi) is 7.25. The summed E-state index contributed by atoms with van der Waals surface area (Å²) in [5.74, 6) is 0.0716. The number of nitrogens with one attached hydrogen (secondary N) is 1. The summed E-state index contributed by atoms with van der Waals surface area (Å²) in [6, 6.07) is 5.16. The highest BCUT2D eigenvalue weighted by Gasteiger charge is 2.15. The fraction of sp³-hybridized carbons (Fsp3) is 0.467.